The largest absolute Gasteiger partial charge is 0.338 e. The Morgan fingerprint density at radius 1 is 1.21 bits per heavy atom. The molecule has 1 saturated carbocycles. The van der Waals surface area contributed by atoms with E-state index in [9.17, 15) is 13.6 Å². The van der Waals surface area contributed by atoms with E-state index in [1.807, 2.05) is 11.0 Å². The fourth-order valence-corrected chi connectivity index (χ4v) is 3.21. The third-order valence-corrected chi connectivity index (χ3v) is 4.96. The second-order valence-electron chi connectivity index (χ2n) is 7.58. The molecule has 1 atom stereocenters. The number of rotatable bonds is 6. The van der Waals surface area contributed by atoms with Crippen molar-refractivity contribution in [2.24, 2.45) is 0 Å². The summed E-state index contributed by atoms with van der Waals surface area (Å²) >= 11 is 0. The number of amides is 1. The van der Waals surface area contributed by atoms with E-state index in [4.69, 9.17) is 0 Å². The molecular formula is C22H25F2N9O. The van der Waals surface area contributed by atoms with Crippen LogP contribution in [0.25, 0.3) is 0 Å². The monoisotopic (exact) mass is 469 g/mol. The van der Waals surface area contributed by atoms with E-state index in [-0.39, 0.29) is 0 Å². The molecule has 34 heavy (non-hydrogen) atoms. The lowest BCUT2D eigenvalue weighted by Gasteiger charge is -2.15. The Kier molecular flexibility index (Phi) is 8.39. The molecule has 1 aliphatic heterocycles. The second-order valence-corrected chi connectivity index (χ2v) is 7.58. The van der Waals surface area contributed by atoms with E-state index in [0.29, 0.717) is 61.1 Å². The summed E-state index contributed by atoms with van der Waals surface area (Å²) in [5.41, 5.74) is 1.63. The lowest BCUT2D eigenvalue weighted by Crippen LogP contribution is -2.23. The minimum absolute atomic E-state index is 0.344. The first-order valence-electron chi connectivity index (χ1n) is 10.6. The number of carbonyl (C=O) groups excluding carboxylic acids is 1. The maximum atomic E-state index is 13.3. The van der Waals surface area contributed by atoms with Crippen LogP contribution in [-0.2, 0) is 4.79 Å². The molecule has 0 spiro atoms. The summed E-state index contributed by atoms with van der Waals surface area (Å²) in [6.07, 6.45) is 11.9. The molecule has 2 fully saturated rings. The molecule has 1 saturated heterocycles. The van der Waals surface area contributed by atoms with Crippen LogP contribution in [-0.4, -0.2) is 55.8 Å². The molecule has 3 aromatic rings. The Bertz CT molecular complexity index is 1100. The van der Waals surface area contributed by atoms with Crippen LogP contribution in [0.15, 0.2) is 24.4 Å². The highest BCUT2D eigenvalue weighted by Crippen LogP contribution is 2.39. The highest BCUT2D eigenvalue weighted by Gasteiger charge is 2.26. The van der Waals surface area contributed by atoms with Crippen LogP contribution in [0.3, 0.4) is 0 Å². The number of nitrogens with zero attached hydrogens (tertiary/aromatic N) is 6. The van der Waals surface area contributed by atoms with Crippen molar-refractivity contribution in [3.8, 4) is 12.8 Å². The van der Waals surface area contributed by atoms with Gasteiger partial charge < -0.3 is 15.5 Å². The quantitative estimate of drug-likeness (QED) is 0.286. The van der Waals surface area contributed by atoms with Gasteiger partial charge in [0.15, 0.2) is 5.82 Å². The Morgan fingerprint density at radius 3 is 2.62 bits per heavy atom. The van der Waals surface area contributed by atoms with Gasteiger partial charge in [0.25, 0.3) is 0 Å². The summed E-state index contributed by atoms with van der Waals surface area (Å²) in [6.45, 7) is 2.79. The normalized spacial score (nSPS) is 16.5. The number of hydrogen-bond acceptors (Lipinski definition) is 8. The zero-order valence-electron chi connectivity index (χ0n) is 18.6. The molecule has 1 aliphatic carbocycles. The average Bonchev–Trinajstić information content (AvgIpc) is 3.43. The van der Waals surface area contributed by atoms with E-state index in [2.05, 4.69) is 53.6 Å². The molecule has 178 valence electrons. The molecule has 12 heteroatoms. The maximum Gasteiger partial charge on any atom is 0.233 e. The highest BCUT2D eigenvalue weighted by molar-refractivity contribution is 5.70. The fraction of sp³-hybridized carbons (Fsp3) is 0.364. The number of hydrogen-bond donors (Lipinski definition) is 3. The van der Waals surface area contributed by atoms with Crippen LogP contribution in [0.5, 0.6) is 0 Å². The van der Waals surface area contributed by atoms with E-state index in [1.54, 1.807) is 6.92 Å². The number of aromatic nitrogens is 6. The standard InChI is InChI=1S/C14H18FN7.C6H5FN2O.C2H2/c1-8-16-13(18-12-6-11(20-21-12)9-2-3-9)19-14(17-8)22-5-4-10(15)7-22;7-6-2-1-5(3-8-6)9-4-10;1-2/h6,9-10H,2-5,7H2,1H3,(H2,16,17,18,19,20,21);1-4H,(H,9,10);1-2H/t10-;;/m1../s1. The third kappa shape index (κ3) is 6.93. The minimum Gasteiger partial charge on any atom is -0.338 e. The van der Waals surface area contributed by atoms with Crippen molar-refractivity contribution in [2.75, 3.05) is 28.6 Å². The topological polar surface area (TPSA) is 125 Å². The van der Waals surface area contributed by atoms with E-state index >= 15 is 0 Å². The van der Waals surface area contributed by atoms with Crippen molar-refractivity contribution in [2.45, 2.75) is 38.3 Å². The lowest BCUT2D eigenvalue weighted by atomic mass is 10.3. The molecule has 4 heterocycles. The van der Waals surface area contributed by atoms with Crippen LogP contribution < -0.4 is 15.5 Å². The Hall–Kier alpha value is -4.14. The number of alkyl halides is 1. The molecule has 3 N–H and O–H groups in total. The van der Waals surface area contributed by atoms with Crippen LogP contribution in [0.2, 0.25) is 0 Å². The number of halogens is 2. The van der Waals surface area contributed by atoms with Gasteiger partial charge in [-0.3, -0.25) is 9.89 Å². The van der Waals surface area contributed by atoms with E-state index < -0.39 is 12.1 Å². The summed E-state index contributed by atoms with van der Waals surface area (Å²) in [5, 5.41) is 12.7. The van der Waals surface area contributed by atoms with E-state index in [0.717, 1.165) is 5.69 Å². The zero-order chi connectivity index (χ0) is 24.5. The van der Waals surface area contributed by atoms with Crippen molar-refractivity contribution >= 4 is 29.8 Å². The predicted molar refractivity (Wildman–Crippen MR) is 124 cm³/mol. The van der Waals surface area contributed by atoms with Gasteiger partial charge >= 0.3 is 0 Å². The summed E-state index contributed by atoms with van der Waals surface area (Å²) in [5.74, 6) is 2.32. The molecule has 5 rings (SSSR count). The smallest absolute Gasteiger partial charge is 0.233 e. The van der Waals surface area contributed by atoms with Crippen molar-refractivity contribution in [1.29, 1.82) is 0 Å². The van der Waals surface area contributed by atoms with Gasteiger partial charge in [0.2, 0.25) is 24.3 Å². The van der Waals surface area contributed by atoms with Gasteiger partial charge in [-0.25, -0.2) is 9.37 Å². The lowest BCUT2D eigenvalue weighted by molar-refractivity contribution is -0.105. The van der Waals surface area contributed by atoms with Crippen molar-refractivity contribution in [1.82, 2.24) is 30.1 Å². The van der Waals surface area contributed by atoms with Crippen LogP contribution >= 0.6 is 0 Å². The van der Waals surface area contributed by atoms with Gasteiger partial charge in [-0.15, -0.1) is 12.8 Å². The average molecular weight is 470 g/mol. The Morgan fingerprint density at radius 2 is 2.00 bits per heavy atom. The van der Waals surface area contributed by atoms with Crippen LogP contribution in [0.1, 0.15) is 36.7 Å². The molecule has 0 bridgehead atoms. The van der Waals surface area contributed by atoms with Gasteiger partial charge in [0.05, 0.1) is 18.4 Å². The van der Waals surface area contributed by atoms with Crippen LogP contribution in [0, 0.1) is 25.7 Å². The van der Waals surface area contributed by atoms with Gasteiger partial charge in [0.1, 0.15) is 12.0 Å². The number of carbonyl (C=O) groups is 1. The predicted octanol–water partition coefficient (Wildman–Crippen LogP) is 3.11. The molecule has 0 radical (unpaired) electrons. The first kappa shape index (κ1) is 24.5. The van der Waals surface area contributed by atoms with Gasteiger partial charge in [-0.2, -0.15) is 24.4 Å². The van der Waals surface area contributed by atoms with Crippen LogP contribution in [0.4, 0.5) is 32.2 Å². The van der Waals surface area contributed by atoms with Crippen molar-refractivity contribution in [3.05, 3.63) is 41.9 Å². The first-order valence-corrected chi connectivity index (χ1v) is 10.6. The molecule has 1 amide bonds. The fourth-order valence-electron chi connectivity index (χ4n) is 3.21. The van der Waals surface area contributed by atoms with E-state index in [1.165, 1.54) is 31.2 Å². The summed E-state index contributed by atoms with van der Waals surface area (Å²) in [4.78, 5) is 28.0. The molecule has 3 aromatic heterocycles. The first-order chi connectivity index (χ1) is 16.5. The van der Waals surface area contributed by atoms with Gasteiger partial charge in [-0.05, 0) is 38.3 Å². The number of pyridine rings is 1. The third-order valence-electron chi connectivity index (χ3n) is 4.96. The van der Waals surface area contributed by atoms with Crippen molar-refractivity contribution < 1.29 is 13.6 Å². The van der Waals surface area contributed by atoms with Crippen molar-refractivity contribution in [3.63, 3.8) is 0 Å². The molecular weight excluding hydrogens is 444 g/mol. The summed E-state index contributed by atoms with van der Waals surface area (Å²) in [7, 11) is 0. The Balaban J connectivity index is 0.000000228. The number of H-pyrrole nitrogens is 1. The second kappa shape index (κ2) is 11.6. The number of terminal acetylenes is 1. The molecule has 2 aliphatic rings. The van der Waals surface area contributed by atoms with Gasteiger partial charge in [0, 0.05) is 24.2 Å². The number of nitrogens with one attached hydrogen (secondary N) is 3. The van der Waals surface area contributed by atoms with Gasteiger partial charge in [-0.1, -0.05) is 0 Å². The number of aryl methyl sites for hydroxylation is 1. The Labute approximate surface area is 195 Å². The molecule has 0 unspecified atom stereocenters. The number of anilines is 4. The number of aromatic amines is 1. The maximum absolute atomic E-state index is 13.3. The minimum atomic E-state index is -0.805. The molecule has 0 aromatic carbocycles. The zero-order valence-corrected chi connectivity index (χ0v) is 18.6. The highest BCUT2D eigenvalue weighted by atomic mass is 19.1. The SMILES string of the molecule is C#C.Cc1nc(Nc2cc(C3CC3)[nH]n2)nc(N2CC[C@@H](F)C2)n1.O=CNc1ccc(F)nc1. The summed E-state index contributed by atoms with van der Waals surface area (Å²) < 4.78 is 25.4. The molecule has 10 nitrogen and oxygen atoms in total. The summed E-state index contributed by atoms with van der Waals surface area (Å²) in [6, 6.07) is 4.59.